The van der Waals surface area contributed by atoms with E-state index in [1.807, 2.05) is 24.3 Å². The zero-order valence-corrected chi connectivity index (χ0v) is 30.5. The van der Waals surface area contributed by atoms with E-state index in [1.165, 1.54) is 89.0 Å². The normalized spacial score (nSPS) is 34.8. The Balaban J connectivity index is 0.000000162. The monoisotopic (exact) mass is 703 g/mol. The number of ether oxygens (including phenoxy) is 4. The minimum absolute atomic E-state index is 0.115. The summed E-state index contributed by atoms with van der Waals surface area (Å²) in [6.07, 6.45) is 23.2. The molecule has 2 aromatic rings. The van der Waals surface area contributed by atoms with Gasteiger partial charge in [0.25, 0.3) is 0 Å². The second-order valence-corrected chi connectivity index (χ2v) is 16.7. The van der Waals surface area contributed by atoms with Crippen molar-refractivity contribution in [2.45, 2.75) is 139 Å². The van der Waals surface area contributed by atoms with Crippen molar-refractivity contribution in [2.24, 2.45) is 29.6 Å². The summed E-state index contributed by atoms with van der Waals surface area (Å²) in [6, 6.07) is 14.3. The number of hydrogen-bond acceptors (Lipinski definition) is 5. The fraction of sp³-hybridized carbons (Fsp3) is 0.705. The SMILES string of the molecule is Fc1ccc(C2CCC(C3CCC(CC4CO4)CC3)CC2)cc1.N#Cc1ccc(C2CCC(C3CCC(OCOCC4CO4)CC3)CC2)cc1F. The van der Waals surface area contributed by atoms with Crippen LogP contribution in [0.3, 0.4) is 0 Å². The minimum Gasteiger partial charge on any atom is -0.373 e. The van der Waals surface area contributed by atoms with E-state index in [0.717, 1.165) is 74.1 Å². The number of nitrogens with zero attached hydrogens (tertiary/aromatic N) is 1. The van der Waals surface area contributed by atoms with Gasteiger partial charge in [-0.3, -0.25) is 0 Å². The van der Waals surface area contributed by atoms with Crippen LogP contribution in [0.2, 0.25) is 0 Å². The predicted molar refractivity (Wildman–Crippen MR) is 194 cm³/mol. The van der Waals surface area contributed by atoms with Gasteiger partial charge in [0.05, 0.1) is 37.6 Å². The van der Waals surface area contributed by atoms with Gasteiger partial charge in [0.15, 0.2) is 0 Å². The van der Waals surface area contributed by atoms with Crippen molar-refractivity contribution in [1.29, 1.82) is 5.26 Å². The number of epoxide rings is 2. The molecule has 4 aliphatic carbocycles. The van der Waals surface area contributed by atoms with E-state index in [9.17, 15) is 8.78 Å². The summed E-state index contributed by atoms with van der Waals surface area (Å²) in [4.78, 5) is 0. The van der Waals surface area contributed by atoms with Crippen molar-refractivity contribution in [3.05, 3.63) is 70.8 Å². The Morgan fingerprint density at radius 1 is 0.627 bits per heavy atom. The van der Waals surface area contributed by atoms with E-state index < -0.39 is 0 Å². The molecule has 2 aliphatic heterocycles. The molecule has 0 spiro atoms. The highest BCUT2D eigenvalue weighted by atomic mass is 19.1. The molecule has 8 rings (SSSR count). The first-order chi connectivity index (χ1) is 25.0. The lowest BCUT2D eigenvalue weighted by atomic mass is 9.68. The Kier molecular flexibility index (Phi) is 13.1. The minimum atomic E-state index is -0.380. The van der Waals surface area contributed by atoms with Crippen molar-refractivity contribution >= 4 is 0 Å². The summed E-state index contributed by atoms with van der Waals surface area (Å²) < 4.78 is 48.8. The molecule has 278 valence electrons. The molecule has 51 heavy (non-hydrogen) atoms. The van der Waals surface area contributed by atoms with Crippen LogP contribution in [0.4, 0.5) is 8.78 Å². The Morgan fingerprint density at radius 3 is 1.67 bits per heavy atom. The summed E-state index contributed by atoms with van der Waals surface area (Å²) in [5.74, 6) is 5.06. The smallest absolute Gasteiger partial charge is 0.147 e. The second-order valence-electron chi connectivity index (χ2n) is 16.7. The lowest BCUT2D eigenvalue weighted by Gasteiger charge is -2.38. The lowest BCUT2D eigenvalue weighted by molar-refractivity contribution is -0.106. The third kappa shape index (κ3) is 10.8. The first-order valence-electron chi connectivity index (χ1n) is 20.4. The molecule has 5 nitrogen and oxygen atoms in total. The molecule has 7 heteroatoms. The summed E-state index contributed by atoms with van der Waals surface area (Å²) in [5, 5.41) is 8.89. The second kappa shape index (κ2) is 18.1. The maximum Gasteiger partial charge on any atom is 0.147 e. The van der Waals surface area contributed by atoms with Crippen LogP contribution in [0.15, 0.2) is 42.5 Å². The van der Waals surface area contributed by atoms with Gasteiger partial charge in [-0.15, -0.1) is 0 Å². The quantitative estimate of drug-likeness (QED) is 0.132. The maximum absolute atomic E-state index is 13.9. The fourth-order valence-electron chi connectivity index (χ4n) is 10.1. The topological polar surface area (TPSA) is 67.3 Å². The standard InChI is InChI=1S/C23H30FNO3.C21H29FO/c24-23-11-19(5-6-20(23)12-25)18-3-1-16(2-4-18)17-7-9-21(10-8-17)28-15-26-13-22-14-27-22;22-20-11-9-19(10-12-20)18-7-5-17(6-8-18)16-3-1-15(2-4-16)13-21-14-23-21/h5-6,11,16-18,21-22H,1-4,7-10,13-15H2;9-12,15-18,21H,1-8,13-14H2. The summed E-state index contributed by atoms with van der Waals surface area (Å²) >= 11 is 0. The summed E-state index contributed by atoms with van der Waals surface area (Å²) in [7, 11) is 0. The highest BCUT2D eigenvalue weighted by molar-refractivity contribution is 5.35. The van der Waals surface area contributed by atoms with E-state index >= 15 is 0 Å². The molecular formula is C44H59F2NO4. The van der Waals surface area contributed by atoms with Crippen molar-refractivity contribution in [1.82, 2.24) is 0 Å². The van der Waals surface area contributed by atoms with Gasteiger partial charge in [0.2, 0.25) is 0 Å². The summed E-state index contributed by atoms with van der Waals surface area (Å²) in [6.45, 7) is 2.89. The van der Waals surface area contributed by atoms with Gasteiger partial charge >= 0.3 is 0 Å². The van der Waals surface area contributed by atoms with Crippen molar-refractivity contribution in [3.8, 4) is 6.07 Å². The first-order valence-corrected chi connectivity index (χ1v) is 20.4. The molecule has 0 aromatic heterocycles. The molecule has 6 fully saturated rings. The fourth-order valence-corrected chi connectivity index (χ4v) is 10.1. The Hall–Kier alpha value is -2.37. The molecule has 0 amide bonds. The van der Waals surface area contributed by atoms with Gasteiger partial charge in [-0.05, 0) is 173 Å². The van der Waals surface area contributed by atoms with Crippen molar-refractivity contribution < 1.29 is 27.7 Å². The Labute approximate surface area is 304 Å². The third-order valence-corrected chi connectivity index (χ3v) is 13.5. The number of rotatable bonds is 11. The molecule has 6 aliphatic rings. The number of nitriles is 1. The van der Waals surface area contributed by atoms with E-state index in [2.05, 4.69) is 0 Å². The molecule has 2 aromatic carbocycles. The van der Waals surface area contributed by atoms with Crippen LogP contribution in [0.5, 0.6) is 0 Å². The molecular weight excluding hydrogens is 644 g/mol. The van der Waals surface area contributed by atoms with Crippen molar-refractivity contribution in [2.75, 3.05) is 26.6 Å². The Bertz CT molecular complexity index is 1390. The van der Waals surface area contributed by atoms with Crippen LogP contribution in [0.1, 0.15) is 138 Å². The number of halogens is 2. The number of benzene rings is 2. The van der Waals surface area contributed by atoms with E-state index in [0.29, 0.717) is 43.5 Å². The zero-order valence-electron chi connectivity index (χ0n) is 30.5. The van der Waals surface area contributed by atoms with E-state index in [-0.39, 0.29) is 17.2 Å². The molecule has 0 radical (unpaired) electrons. The van der Waals surface area contributed by atoms with Crippen molar-refractivity contribution in [3.63, 3.8) is 0 Å². The third-order valence-electron chi connectivity index (χ3n) is 13.5. The maximum atomic E-state index is 13.9. The Morgan fingerprint density at radius 2 is 1.14 bits per heavy atom. The highest BCUT2D eigenvalue weighted by Gasteiger charge is 2.35. The van der Waals surface area contributed by atoms with Crippen LogP contribution in [0, 0.1) is 52.6 Å². The molecule has 2 saturated heterocycles. The van der Waals surface area contributed by atoms with Gasteiger partial charge < -0.3 is 18.9 Å². The first kappa shape index (κ1) is 37.0. The van der Waals surface area contributed by atoms with Crippen LogP contribution in [0.25, 0.3) is 0 Å². The molecule has 4 saturated carbocycles. The van der Waals surface area contributed by atoms with Gasteiger partial charge in [0.1, 0.15) is 30.6 Å². The molecule has 2 unspecified atom stereocenters. The van der Waals surface area contributed by atoms with Gasteiger partial charge in [-0.1, -0.05) is 31.0 Å². The average molecular weight is 704 g/mol. The van der Waals surface area contributed by atoms with Crippen LogP contribution < -0.4 is 0 Å². The largest absolute Gasteiger partial charge is 0.373 e. The predicted octanol–water partition coefficient (Wildman–Crippen LogP) is 10.6. The highest BCUT2D eigenvalue weighted by Crippen LogP contribution is 2.46. The van der Waals surface area contributed by atoms with Gasteiger partial charge in [0, 0.05) is 0 Å². The zero-order chi connectivity index (χ0) is 35.0. The lowest BCUT2D eigenvalue weighted by Crippen LogP contribution is -2.29. The molecule has 2 heterocycles. The van der Waals surface area contributed by atoms with Gasteiger partial charge in [-0.2, -0.15) is 5.26 Å². The molecule has 2 atom stereocenters. The average Bonchev–Trinajstić information content (AvgIpc) is 4.13. The number of hydrogen-bond donors (Lipinski definition) is 0. The van der Waals surface area contributed by atoms with Crippen LogP contribution in [-0.4, -0.2) is 44.9 Å². The van der Waals surface area contributed by atoms with Crippen LogP contribution in [-0.2, 0) is 18.9 Å². The molecule has 0 N–H and O–H groups in total. The van der Waals surface area contributed by atoms with Crippen LogP contribution >= 0.6 is 0 Å². The van der Waals surface area contributed by atoms with Gasteiger partial charge in [-0.25, -0.2) is 8.78 Å². The van der Waals surface area contributed by atoms with E-state index in [1.54, 1.807) is 24.3 Å². The van der Waals surface area contributed by atoms with E-state index in [4.69, 9.17) is 24.2 Å². The molecule has 0 bridgehead atoms. The summed E-state index contributed by atoms with van der Waals surface area (Å²) in [5.41, 5.74) is 2.55.